The smallest absolute Gasteiger partial charge is 0.118 e. The van der Waals surface area contributed by atoms with E-state index in [1.807, 2.05) is 0 Å². The maximum Gasteiger partial charge on any atom is 0.118 e. The quantitative estimate of drug-likeness (QED) is 0.888. The summed E-state index contributed by atoms with van der Waals surface area (Å²) in [6, 6.07) is 17.7. The molecule has 0 amide bonds. The monoisotopic (exact) mass is 267 g/mol. The zero-order valence-corrected chi connectivity index (χ0v) is 12.1. The normalized spacial score (nSPS) is 21.1. The van der Waals surface area contributed by atoms with Crippen molar-refractivity contribution in [1.82, 2.24) is 0 Å². The second-order valence-electron chi connectivity index (χ2n) is 5.65. The van der Waals surface area contributed by atoms with E-state index in [1.54, 1.807) is 7.11 Å². The lowest BCUT2D eigenvalue weighted by molar-refractivity contribution is 0.373. The van der Waals surface area contributed by atoms with Gasteiger partial charge in [-0.25, -0.2) is 0 Å². The van der Waals surface area contributed by atoms with Crippen LogP contribution in [0.25, 0.3) is 0 Å². The van der Waals surface area contributed by atoms with Crippen molar-refractivity contribution in [2.75, 3.05) is 12.4 Å². The zero-order valence-electron chi connectivity index (χ0n) is 12.1. The van der Waals surface area contributed by atoms with Gasteiger partial charge >= 0.3 is 0 Å². The van der Waals surface area contributed by atoms with Crippen molar-refractivity contribution in [3.05, 3.63) is 59.7 Å². The molecule has 0 unspecified atom stereocenters. The van der Waals surface area contributed by atoms with Crippen LogP contribution in [0.3, 0.4) is 0 Å². The summed E-state index contributed by atoms with van der Waals surface area (Å²) in [6.45, 7) is 2.12. The molecule has 1 fully saturated rings. The summed E-state index contributed by atoms with van der Waals surface area (Å²) in [4.78, 5) is 0. The first-order chi connectivity index (χ1) is 9.74. The number of hydrogen-bond acceptors (Lipinski definition) is 2. The number of nitrogens with one attached hydrogen (secondary N) is 1. The van der Waals surface area contributed by atoms with Gasteiger partial charge in [-0.3, -0.25) is 0 Å². The van der Waals surface area contributed by atoms with E-state index in [0.717, 1.165) is 5.75 Å². The van der Waals surface area contributed by atoms with E-state index in [-0.39, 0.29) is 0 Å². The highest BCUT2D eigenvalue weighted by Gasteiger charge is 2.30. The molecule has 2 aromatic rings. The maximum atomic E-state index is 5.20. The van der Waals surface area contributed by atoms with Crippen molar-refractivity contribution in [2.24, 2.45) is 0 Å². The van der Waals surface area contributed by atoms with Gasteiger partial charge in [0.15, 0.2) is 0 Å². The van der Waals surface area contributed by atoms with Crippen LogP contribution >= 0.6 is 0 Å². The molecule has 0 aliphatic heterocycles. The molecule has 1 aliphatic carbocycles. The standard InChI is InChI=1S/C18H21NO/c1-13-3-7-16(8-4-13)19-17-11-15(12-17)14-5-9-18(20-2)10-6-14/h3-10,15,17,19H,11-12H2,1-2H3. The first-order valence-electron chi connectivity index (χ1n) is 7.22. The van der Waals surface area contributed by atoms with Crippen LogP contribution in [-0.2, 0) is 0 Å². The lowest BCUT2D eigenvalue weighted by Crippen LogP contribution is -2.33. The number of methoxy groups -OCH3 is 1. The van der Waals surface area contributed by atoms with Crippen molar-refractivity contribution in [3.63, 3.8) is 0 Å². The SMILES string of the molecule is COc1ccc(C2CC(Nc3ccc(C)cc3)C2)cc1. The lowest BCUT2D eigenvalue weighted by Gasteiger charge is -2.37. The molecule has 0 heterocycles. The van der Waals surface area contributed by atoms with Gasteiger partial charge in [0, 0.05) is 11.7 Å². The predicted octanol–water partition coefficient (Wildman–Crippen LogP) is 4.36. The molecule has 0 aromatic heterocycles. The van der Waals surface area contributed by atoms with Gasteiger partial charge in [-0.1, -0.05) is 29.8 Å². The van der Waals surface area contributed by atoms with Gasteiger partial charge in [-0.15, -0.1) is 0 Å². The van der Waals surface area contributed by atoms with Crippen molar-refractivity contribution < 1.29 is 4.74 Å². The highest BCUT2D eigenvalue weighted by Crippen LogP contribution is 2.38. The molecule has 3 rings (SSSR count). The Morgan fingerprint density at radius 3 is 2.20 bits per heavy atom. The third kappa shape index (κ3) is 2.79. The molecular formula is C18H21NO. The fourth-order valence-corrected chi connectivity index (χ4v) is 2.77. The molecule has 1 saturated carbocycles. The maximum absolute atomic E-state index is 5.20. The topological polar surface area (TPSA) is 21.3 Å². The van der Waals surface area contributed by atoms with E-state index in [2.05, 4.69) is 60.8 Å². The second kappa shape index (κ2) is 5.58. The molecule has 2 aromatic carbocycles. The Bertz CT molecular complexity index is 553. The van der Waals surface area contributed by atoms with E-state index in [1.165, 1.54) is 29.7 Å². The highest BCUT2D eigenvalue weighted by atomic mass is 16.5. The summed E-state index contributed by atoms with van der Waals surface area (Å²) in [6.07, 6.45) is 2.42. The zero-order chi connectivity index (χ0) is 13.9. The van der Waals surface area contributed by atoms with Crippen molar-refractivity contribution in [2.45, 2.75) is 31.7 Å². The number of anilines is 1. The summed E-state index contributed by atoms with van der Waals surface area (Å²) in [5, 5.41) is 3.60. The fraction of sp³-hybridized carbons (Fsp3) is 0.333. The summed E-state index contributed by atoms with van der Waals surface area (Å²) in [7, 11) is 1.71. The number of ether oxygens (including phenoxy) is 1. The Hall–Kier alpha value is -1.96. The van der Waals surface area contributed by atoms with Crippen LogP contribution < -0.4 is 10.1 Å². The van der Waals surface area contributed by atoms with Crippen LogP contribution in [0, 0.1) is 6.92 Å². The molecule has 1 aliphatic rings. The van der Waals surface area contributed by atoms with Crippen molar-refractivity contribution in [1.29, 1.82) is 0 Å². The molecule has 20 heavy (non-hydrogen) atoms. The molecule has 1 N–H and O–H groups in total. The van der Waals surface area contributed by atoms with E-state index in [9.17, 15) is 0 Å². The Morgan fingerprint density at radius 1 is 0.950 bits per heavy atom. The Morgan fingerprint density at radius 2 is 1.60 bits per heavy atom. The van der Waals surface area contributed by atoms with E-state index in [0.29, 0.717) is 12.0 Å². The first kappa shape index (κ1) is 13.0. The van der Waals surface area contributed by atoms with Gasteiger partial charge in [-0.2, -0.15) is 0 Å². The average molecular weight is 267 g/mol. The molecule has 0 bridgehead atoms. The second-order valence-corrected chi connectivity index (χ2v) is 5.65. The van der Waals surface area contributed by atoms with Crippen LogP contribution in [0.5, 0.6) is 5.75 Å². The number of hydrogen-bond donors (Lipinski definition) is 1. The van der Waals surface area contributed by atoms with E-state index < -0.39 is 0 Å². The largest absolute Gasteiger partial charge is 0.497 e. The third-order valence-corrected chi connectivity index (χ3v) is 4.15. The Balaban J connectivity index is 1.54. The van der Waals surface area contributed by atoms with Gasteiger partial charge in [0.1, 0.15) is 5.75 Å². The van der Waals surface area contributed by atoms with Crippen LogP contribution in [0.1, 0.15) is 29.9 Å². The third-order valence-electron chi connectivity index (χ3n) is 4.15. The number of aryl methyl sites for hydroxylation is 1. The molecule has 104 valence electrons. The van der Waals surface area contributed by atoms with Crippen LogP contribution in [0.15, 0.2) is 48.5 Å². The summed E-state index contributed by atoms with van der Waals surface area (Å²) < 4.78 is 5.20. The molecule has 2 nitrogen and oxygen atoms in total. The minimum absolute atomic E-state index is 0.602. The summed E-state index contributed by atoms with van der Waals surface area (Å²) >= 11 is 0. The van der Waals surface area contributed by atoms with Gasteiger partial charge in [0.05, 0.1) is 7.11 Å². The lowest BCUT2D eigenvalue weighted by atomic mass is 9.76. The first-order valence-corrected chi connectivity index (χ1v) is 7.22. The minimum Gasteiger partial charge on any atom is -0.497 e. The summed E-state index contributed by atoms with van der Waals surface area (Å²) in [5.41, 5.74) is 3.96. The highest BCUT2D eigenvalue weighted by molar-refractivity contribution is 5.46. The summed E-state index contributed by atoms with van der Waals surface area (Å²) in [5.74, 6) is 1.62. The van der Waals surface area contributed by atoms with Gasteiger partial charge in [0.25, 0.3) is 0 Å². The molecule has 0 spiro atoms. The Labute approximate surface area is 120 Å². The van der Waals surface area contributed by atoms with Crippen molar-refractivity contribution in [3.8, 4) is 5.75 Å². The average Bonchev–Trinajstić information content (AvgIpc) is 2.45. The minimum atomic E-state index is 0.602. The molecule has 2 heteroatoms. The van der Waals surface area contributed by atoms with Crippen molar-refractivity contribution >= 4 is 5.69 Å². The van der Waals surface area contributed by atoms with Crippen LogP contribution in [-0.4, -0.2) is 13.2 Å². The van der Waals surface area contributed by atoms with E-state index in [4.69, 9.17) is 4.74 Å². The number of benzene rings is 2. The predicted molar refractivity (Wildman–Crippen MR) is 83.6 cm³/mol. The van der Waals surface area contributed by atoms with Gasteiger partial charge in [0.2, 0.25) is 0 Å². The Kier molecular flexibility index (Phi) is 3.64. The molecule has 0 atom stereocenters. The molecule has 0 saturated heterocycles. The molecular weight excluding hydrogens is 246 g/mol. The molecule has 0 radical (unpaired) electrons. The van der Waals surface area contributed by atoms with E-state index >= 15 is 0 Å². The van der Waals surface area contributed by atoms with Crippen LogP contribution in [0.4, 0.5) is 5.69 Å². The fourth-order valence-electron chi connectivity index (χ4n) is 2.77. The van der Waals surface area contributed by atoms with Gasteiger partial charge in [-0.05, 0) is 55.5 Å². The van der Waals surface area contributed by atoms with Gasteiger partial charge < -0.3 is 10.1 Å². The number of rotatable bonds is 4. The van der Waals surface area contributed by atoms with Crippen LogP contribution in [0.2, 0.25) is 0 Å².